The van der Waals surface area contributed by atoms with E-state index in [0.717, 1.165) is 22.2 Å². The molecule has 21 heavy (non-hydrogen) atoms. The lowest BCUT2D eigenvalue weighted by Gasteiger charge is -2.04. The molecule has 0 N–H and O–H groups in total. The van der Waals surface area contributed by atoms with Crippen LogP contribution in [0.3, 0.4) is 0 Å². The van der Waals surface area contributed by atoms with Gasteiger partial charge in [-0.2, -0.15) is 5.10 Å². The van der Waals surface area contributed by atoms with E-state index >= 15 is 0 Å². The zero-order chi connectivity index (χ0) is 14.8. The van der Waals surface area contributed by atoms with Gasteiger partial charge in [0.15, 0.2) is 0 Å². The summed E-state index contributed by atoms with van der Waals surface area (Å²) in [5.74, 6) is 0. The molecule has 1 aromatic heterocycles. The normalized spacial score (nSPS) is 11.3. The summed E-state index contributed by atoms with van der Waals surface area (Å²) in [6.07, 6.45) is 1.72. The van der Waals surface area contributed by atoms with Crippen molar-refractivity contribution in [2.75, 3.05) is 0 Å². The average molecular weight is 276 g/mol. The molecule has 0 aliphatic rings. The third kappa shape index (κ3) is 2.77. The van der Waals surface area contributed by atoms with Gasteiger partial charge >= 0.3 is 0 Å². The first-order chi connectivity index (χ1) is 10.1. The second-order valence-corrected chi connectivity index (χ2v) is 5.18. The van der Waals surface area contributed by atoms with Crippen molar-refractivity contribution >= 4 is 17.0 Å². The molecule has 0 aliphatic carbocycles. The van der Waals surface area contributed by atoms with Gasteiger partial charge in [0.2, 0.25) is 0 Å². The molecule has 0 aliphatic heterocycles. The van der Waals surface area contributed by atoms with Crippen molar-refractivity contribution in [1.29, 1.82) is 0 Å². The SMILES string of the molecule is Cc1cc(C)n(N=Cc2ccc3ccccc3c2)c(=O)c1. The lowest BCUT2D eigenvalue weighted by Crippen LogP contribution is -2.18. The number of fused-ring (bicyclic) bond motifs is 1. The molecule has 3 nitrogen and oxygen atoms in total. The summed E-state index contributed by atoms with van der Waals surface area (Å²) in [5.41, 5.74) is 2.65. The molecule has 0 fully saturated rings. The van der Waals surface area contributed by atoms with Gasteiger partial charge in [-0.3, -0.25) is 4.79 Å². The van der Waals surface area contributed by atoms with Crippen molar-refractivity contribution in [3.63, 3.8) is 0 Å². The van der Waals surface area contributed by atoms with Gasteiger partial charge < -0.3 is 0 Å². The van der Waals surface area contributed by atoms with Crippen molar-refractivity contribution in [1.82, 2.24) is 4.68 Å². The third-order valence-electron chi connectivity index (χ3n) is 3.43. The Hall–Kier alpha value is -2.68. The first-order valence-corrected chi connectivity index (χ1v) is 6.87. The first-order valence-electron chi connectivity index (χ1n) is 6.87. The van der Waals surface area contributed by atoms with E-state index in [1.54, 1.807) is 12.3 Å². The fourth-order valence-electron chi connectivity index (χ4n) is 2.42. The monoisotopic (exact) mass is 276 g/mol. The molecule has 0 spiro atoms. The molecule has 3 aromatic rings. The highest BCUT2D eigenvalue weighted by Gasteiger charge is 1.99. The minimum atomic E-state index is -0.107. The van der Waals surface area contributed by atoms with Crippen molar-refractivity contribution in [3.05, 3.63) is 81.8 Å². The van der Waals surface area contributed by atoms with Crippen LogP contribution in [0.25, 0.3) is 10.8 Å². The summed E-state index contributed by atoms with van der Waals surface area (Å²) in [6.45, 7) is 3.79. The molecule has 3 rings (SSSR count). The van der Waals surface area contributed by atoms with Gasteiger partial charge in [-0.1, -0.05) is 36.4 Å². The molecule has 0 atom stereocenters. The van der Waals surface area contributed by atoms with Gasteiger partial charge in [-0.05, 0) is 47.9 Å². The maximum absolute atomic E-state index is 11.9. The minimum Gasteiger partial charge on any atom is -0.267 e. The summed E-state index contributed by atoms with van der Waals surface area (Å²) >= 11 is 0. The Morgan fingerprint density at radius 3 is 2.48 bits per heavy atom. The van der Waals surface area contributed by atoms with E-state index in [1.807, 2.05) is 38.1 Å². The van der Waals surface area contributed by atoms with Crippen LogP contribution >= 0.6 is 0 Å². The number of rotatable bonds is 2. The van der Waals surface area contributed by atoms with Crippen molar-refractivity contribution in [2.45, 2.75) is 13.8 Å². The molecule has 0 saturated carbocycles. The summed E-state index contributed by atoms with van der Waals surface area (Å²) in [7, 11) is 0. The van der Waals surface area contributed by atoms with Gasteiger partial charge in [0, 0.05) is 11.8 Å². The van der Waals surface area contributed by atoms with Crippen molar-refractivity contribution < 1.29 is 0 Å². The number of aromatic nitrogens is 1. The predicted octanol–water partition coefficient (Wildman–Crippen LogP) is 3.50. The topological polar surface area (TPSA) is 34.4 Å². The van der Waals surface area contributed by atoms with Gasteiger partial charge in [-0.25, -0.2) is 4.68 Å². The van der Waals surface area contributed by atoms with E-state index in [9.17, 15) is 4.79 Å². The van der Waals surface area contributed by atoms with E-state index < -0.39 is 0 Å². The zero-order valence-electron chi connectivity index (χ0n) is 12.1. The van der Waals surface area contributed by atoms with Gasteiger partial charge in [-0.15, -0.1) is 0 Å². The molecular formula is C18H16N2O. The van der Waals surface area contributed by atoms with Gasteiger partial charge in [0.1, 0.15) is 0 Å². The Kier molecular flexibility index (Phi) is 3.40. The van der Waals surface area contributed by atoms with E-state index in [2.05, 4.69) is 29.4 Å². The Morgan fingerprint density at radius 1 is 0.952 bits per heavy atom. The Labute approximate surface area is 123 Å². The molecule has 104 valence electrons. The molecule has 3 heteroatoms. The van der Waals surface area contributed by atoms with Crippen LogP contribution < -0.4 is 5.56 Å². The van der Waals surface area contributed by atoms with Crippen LogP contribution in [0, 0.1) is 13.8 Å². The number of pyridine rings is 1. The van der Waals surface area contributed by atoms with Crippen molar-refractivity contribution in [2.24, 2.45) is 5.10 Å². The molecule has 1 heterocycles. The number of aryl methyl sites for hydroxylation is 2. The van der Waals surface area contributed by atoms with Crippen LogP contribution in [0.1, 0.15) is 16.8 Å². The highest BCUT2D eigenvalue weighted by atomic mass is 16.1. The first kappa shape index (κ1) is 13.3. The highest BCUT2D eigenvalue weighted by Crippen LogP contribution is 2.14. The number of benzene rings is 2. The summed E-state index contributed by atoms with van der Waals surface area (Å²) < 4.78 is 1.42. The van der Waals surface area contributed by atoms with E-state index in [-0.39, 0.29) is 5.56 Å². The largest absolute Gasteiger partial charge is 0.271 e. The Balaban J connectivity index is 2.00. The molecule has 0 radical (unpaired) electrons. The van der Waals surface area contributed by atoms with Crippen LogP contribution in [0.15, 0.2) is 64.5 Å². The average Bonchev–Trinajstić information content (AvgIpc) is 2.46. The van der Waals surface area contributed by atoms with Crippen molar-refractivity contribution in [3.8, 4) is 0 Å². The van der Waals surface area contributed by atoms with E-state index in [4.69, 9.17) is 0 Å². The number of hydrogen-bond acceptors (Lipinski definition) is 2. The molecular weight excluding hydrogens is 260 g/mol. The zero-order valence-corrected chi connectivity index (χ0v) is 12.1. The van der Waals surface area contributed by atoms with Crippen LogP contribution in [-0.4, -0.2) is 10.9 Å². The Morgan fingerprint density at radius 2 is 1.71 bits per heavy atom. The number of nitrogens with zero attached hydrogens (tertiary/aromatic N) is 2. The molecule has 0 unspecified atom stereocenters. The number of hydrogen-bond donors (Lipinski definition) is 0. The second-order valence-electron chi connectivity index (χ2n) is 5.18. The quantitative estimate of drug-likeness (QED) is 0.660. The fraction of sp³-hybridized carbons (Fsp3) is 0.111. The molecule has 0 saturated heterocycles. The second kappa shape index (κ2) is 5.37. The summed E-state index contributed by atoms with van der Waals surface area (Å²) in [5, 5.41) is 6.66. The smallest absolute Gasteiger partial charge is 0.267 e. The fourth-order valence-corrected chi connectivity index (χ4v) is 2.42. The minimum absolute atomic E-state index is 0.107. The molecule has 0 bridgehead atoms. The van der Waals surface area contributed by atoms with Crippen LogP contribution in [0.2, 0.25) is 0 Å². The third-order valence-corrected chi connectivity index (χ3v) is 3.43. The Bertz CT molecular complexity index is 891. The predicted molar refractivity (Wildman–Crippen MR) is 87.1 cm³/mol. The lowest BCUT2D eigenvalue weighted by molar-refractivity contribution is 0.791. The lowest BCUT2D eigenvalue weighted by atomic mass is 10.1. The van der Waals surface area contributed by atoms with E-state index in [0.29, 0.717) is 0 Å². The van der Waals surface area contributed by atoms with Gasteiger partial charge in [0.05, 0.1) is 6.21 Å². The van der Waals surface area contributed by atoms with Gasteiger partial charge in [0.25, 0.3) is 5.56 Å². The maximum Gasteiger partial charge on any atom is 0.271 e. The standard InChI is InChI=1S/C18H16N2O/c1-13-9-14(2)20(18(21)10-13)19-12-15-7-8-16-5-3-4-6-17(16)11-15/h3-12H,1-2H3. The highest BCUT2D eigenvalue weighted by molar-refractivity contribution is 5.90. The van der Waals surface area contributed by atoms with Crippen LogP contribution in [0.5, 0.6) is 0 Å². The van der Waals surface area contributed by atoms with Crippen LogP contribution in [0.4, 0.5) is 0 Å². The maximum atomic E-state index is 11.9. The molecule has 2 aromatic carbocycles. The molecule has 0 amide bonds. The summed E-state index contributed by atoms with van der Waals surface area (Å²) in [4.78, 5) is 11.9. The van der Waals surface area contributed by atoms with E-state index in [1.165, 1.54) is 10.1 Å². The summed E-state index contributed by atoms with van der Waals surface area (Å²) in [6, 6.07) is 17.8. The van der Waals surface area contributed by atoms with Crippen LogP contribution in [-0.2, 0) is 0 Å².